The molecule has 0 amide bonds. The molecule has 0 saturated carbocycles. The van der Waals surface area contributed by atoms with Crippen molar-refractivity contribution in [1.82, 2.24) is 0 Å². The Morgan fingerprint density at radius 3 is 2.56 bits per heavy atom. The summed E-state index contributed by atoms with van der Waals surface area (Å²) in [6.45, 7) is 0.433. The van der Waals surface area contributed by atoms with E-state index in [0.717, 1.165) is 11.8 Å². The van der Waals surface area contributed by atoms with Gasteiger partial charge in [0.15, 0.2) is 5.25 Å². The molecule has 0 aromatic heterocycles. The second-order valence-corrected chi connectivity index (χ2v) is 5.66. The zero-order chi connectivity index (χ0) is 13.1. The average Bonchev–Trinajstić information content (AvgIpc) is 2.64. The summed E-state index contributed by atoms with van der Waals surface area (Å²) in [4.78, 5) is 25.5. The number of rotatable bonds is 4. The molecule has 100 valence electrons. The third-order valence-electron chi connectivity index (χ3n) is 1.73. The fourth-order valence-electron chi connectivity index (χ4n) is 0.998. The molecule has 11 heteroatoms. The van der Waals surface area contributed by atoms with Gasteiger partial charge in [0.2, 0.25) is 0 Å². The van der Waals surface area contributed by atoms with Crippen LogP contribution in [0.2, 0.25) is 0 Å². The number of carboxylic acid groups (broad SMARTS) is 1. The number of aliphatic carboxylic acids is 1. The van der Waals surface area contributed by atoms with Gasteiger partial charge in [0.05, 0.1) is 13.0 Å². The normalized spacial score (nSPS) is 16.4. The van der Waals surface area contributed by atoms with E-state index >= 15 is 0 Å². The predicted octanol–water partition coefficient (Wildman–Crippen LogP) is -0.792. The van der Waals surface area contributed by atoms with E-state index in [2.05, 4.69) is 9.73 Å². The molecule has 0 radical (unpaired) electrons. The van der Waals surface area contributed by atoms with E-state index in [9.17, 15) is 18.0 Å². The minimum Gasteiger partial charge on any atom is -1.00 e. The number of aliphatic imine (C=N–C) groups is 1. The molecule has 0 aromatic rings. The van der Waals surface area contributed by atoms with Crippen LogP contribution in [0.1, 0.15) is 9.27 Å². The van der Waals surface area contributed by atoms with Gasteiger partial charge >= 0.3 is 49.7 Å². The smallest absolute Gasteiger partial charge is 1.00 e. The van der Waals surface area contributed by atoms with Crippen molar-refractivity contribution in [3.63, 3.8) is 0 Å². The van der Waals surface area contributed by atoms with Crippen molar-refractivity contribution in [2.24, 2.45) is 4.99 Å². The first-order valence-electron chi connectivity index (χ1n) is 4.37. The zero-order valence-electron chi connectivity index (χ0n) is 11.1. The molecule has 0 saturated heterocycles. The van der Waals surface area contributed by atoms with Gasteiger partial charge in [-0.3, -0.25) is 14.1 Å². The molecule has 1 heterocycles. The van der Waals surface area contributed by atoms with Crippen LogP contribution in [-0.4, -0.2) is 90.5 Å². The SMILES string of the molecule is O=C(O)CC(C(=O)OC1=NCCS1)S(=O)(=O)O.[Ca+2].[H-].[H-]. The minimum absolute atomic E-state index is 0. The Morgan fingerprint density at radius 1 is 1.56 bits per heavy atom. The van der Waals surface area contributed by atoms with Crippen LogP contribution in [-0.2, 0) is 24.4 Å². The third kappa shape index (κ3) is 5.85. The number of hydrogen-bond acceptors (Lipinski definition) is 7. The van der Waals surface area contributed by atoms with Crippen molar-refractivity contribution in [3.8, 4) is 0 Å². The van der Waals surface area contributed by atoms with Crippen molar-refractivity contribution in [2.45, 2.75) is 11.7 Å². The molecule has 0 fully saturated rings. The third-order valence-corrected chi connectivity index (χ3v) is 3.65. The summed E-state index contributed by atoms with van der Waals surface area (Å²) in [6, 6.07) is 0. The number of thioether (sulfide) groups is 1. The topological polar surface area (TPSA) is 130 Å². The number of carbonyl (C=O) groups is 2. The van der Waals surface area contributed by atoms with Gasteiger partial charge in [0.25, 0.3) is 15.3 Å². The Bertz CT molecular complexity index is 470. The fraction of sp³-hybridized carbons (Fsp3) is 0.571. The van der Waals surface area contributed by atoms with Gasteiger partial charge < -0.3 is 12.7 Å². The second-order valence-electron chi connectivity index (χ2n) is 3.02. The monoisotopic (exact) mass is 325 g/mol. The quantitative estimate of drug-likeness (QED) is 0.390. The first kappa shape index (κ1) is 18.1. The van der Waals surface area contributed by atoms with Crippen LogP contribution in [0.25, 0.3) is 0 Å². The van der Waals surface area contributed by atoms with Gasteiger partial charge in [-0.15, -0.1) is 0 Å². The number of ether oxygens (including phenoxy) is 1. The summed E-state index contributed by atoms with van der Waals surface area (Å²) in [5.74, 6) is -2.29. The standard InChI is InChI=1S/C7H9NO7S2.Ca.2H/c9-5(10)3-4(17(12,13)14)6(11)15-7-8-1-2-16-7;;;/h4H,1-3H2,(H,9,10)(H,12,13,14);;;/q;+2;2*-1. The van der Waals surface area contributed by atoms with Gasteiger partial charge in [-0.1, -0.05) is 11.8 Å². The fourth-order valence-corrected chi connectivity index (χ4v) is 2.32. The maximum absolute atomic E-state index is 11.4. The van der Waals surface area contributed by atoms with E-state index in [1.54, 1.807) is 0 Å². The van der Waals surface area contributed by atoms with Crippen LogP contribution in [0.3, 0.4) is 0 Å². The molecule has 0 bridgehead atoms. The second kappa shape index (κ2) is 7.65. The summed E-state index contributed by atoms with van der Waals surface area (Å²) in [5.41, 5.74) is 0. The van der Waals surface area contributed by atoms with Crippen LogP contribution < -0.4 is 0 Å². The summed E-state index contributed by atoms with van der Waals surface area (Å²) in [5, 5.41) is 6.28. The largest absolute Gasteiger partial charge is 2.00 e. The van der Waals surface area contributed by atoms with Crippen molar-refractivity contribution < 1.29 is 35.3 Å². The maximum atomic E-state index is 11.4. The number of esters is 1. The molecule has 1 atom stereocenters. The van der Waals surface area contributed by atoms with E-state index in [1.165, 1.54) is 0 Å². The zero-order valence-corrected chi connectivity index (χ0v) is 12.9. The van der Waals surface area contributed by atoms with Crippen molar-refractivity contribution in [3.05, 3.63) is 0 Å². The molecule has 0 aromatic carbocycles. The Labute approximate surface area is 140 Å². The van der Waals surface area contributed by atoms with Crippen LogP contribution in [0.4, 0.5) is 0 Å². The van der Waals surface area contributed by atoms with E-state index in [4.69, 9.17) is 9.66 Å². The summed E-state index contributed by atoms with van der Waals surface area (Å²) in [6.07, 6.45) is -1.06. The number of carbonyl (C=O) groups excluding carboxylic acids is 1. The predicted molar refractivity (Wildman–Crippen MR) is 66.4 cm³/mol. The summed E-state index contributed by atoms with van der Waals surface area (Å²) < 4.78 is 35.0. The van der Waals surface area contributed by atoms with Gasteiger partial charge in [-0.05, 0) is 0 Å². The van der Waals surface area contributed by atoms with Crippen LogP contribution in [0.5, 0.6) is 0 Å². The Balaban J connectivity index is -0.000000963. The Hall–Kier alpha value is 0.130. The molecule has 8 nitrogen and oxygen atoms in total. The molecule has 1 rings (SSSR count). The summed E-state index contributed by atoms with van der Waals surface area (Å²) in [7, 11) is -4.82. The number of carboxylic acids is 1. The minimum atomic E-state index is -4.82. The molecule has 1 unspecified atom stereocenters. The molecule has 2 N–H and O–H groups in total. The van der Waals surface area contributed by atoms with Gasteiger partial charge in [-0.25, -0.2) is 4.99 Å². The average molecular weight is 325 g/mol. The first-order valence-corrected chi connectivity index (χ1v) is 6.86. The molecule has 0 spiro atoms. The molecule has 1 aliphatic rings. The van der Waals surface area contributed by atoms with E-state index in [-0.39, 0.29) is 45.8 Å². The van der Waals surface area contributed by atoms with Crippen LogP contribution in [0.15, 0.2) is 4.99 Å². The van der Waals surface area contributed by atoms with Crippen molar-refractivity contribution in [2.75, 3.05) is 12.3 Å². The van der Waals surface area contributed by atoms with Crippen LogP contribution in [0, 0.1) is 0 Å². The van der Waals surface area contributed by atoms with E-state index < -0.39 is 33.7 Å². The number of nitrogens with zero attached hydrogens (tertiary/aromatic N) is 1. The Morgan fingerprint density at radius 2 is 2.17 bits per heavy atom. The Kier molecular flexibility index (Phi) is 7.71. The summed E-state index contributed by atoms with van der Waals surface area (Å²) >= 11 is 1.10. The van der Waals surface area contributed by atoms with Gasteiger partial charge in [0, 0.05) is 5.75 Å². The molecule has 18 heavy (non-hydrogen) atoms. The number of hydrogen-bond donors (Lipinski definition) is 2. The molecule has 1 aliphatic heterocycles. The van der Waals surface area contributed by atoms with Crippen molar-refractivity contribution in [1.29, 1.82) is 0 Å². The maximum Gasteiger partial charge on any atom is 2.00 e. The van der Waals surface area contributed by atoms with Crippen LogP contribution >= 0.6 is 11.8 Å². The van der Waals surface area contributed by atoms with E-state index in [0.29, 0.717) is 12.3 Å². The molecular weight excluding hydrogens is 314 g/mol. The molecular formula is C7H11CaNO7S2. The van der Waals surface area contributed by atoms with Gasteiger partial charge in [-0.2, -0.15) is 8.42 Å². The molecule has 0 aliphatic carbocycles. The van der Waals surface area contributed by atoms with Gasteiger partial charge in [0.1, 0.15) is 0 Å². The first-order chi connectivity index (χ1) is 7.80. The van der Waals surface area contributed by atoms with E-state index in [1.807, 2.05) is 0 Å². The van der Waals surface area contributed by atoms with Crippen molar-refractivity contribution >= 4 is 76.8 Å².